The smallest absolute Gasteiger partial charge is 0.247 e. The van der Waals surface area contributed by atoms with Crippen LogP contribution in [-0.2, 0) is 14.8 Å². The molecule has 0 aliphatic heterocycles. The Morgan fingerprint density at radius 1 is 0.885 bits per heavy atom. The predicted octanol–water partition coefficient (Wildman–Crippen LogP) is 3.71. The van der Waals surface area contributed by atoms with Gasteiger partial charge in [0.25, 0.3) is 0 Å². The van der Waals surface area contributed by atoms with Gasteiger partial charge in [0.15, 0.2) is 0 Å². The van der Waals surface area contributed by atoms with Crippen LogP contribution in [-0.4, -0.2) is 26.6 Å². The Balaban J connectivity index is 2.37. The van der Waals surface area contributed by atoms with Gasteiger partial charge in [-0.2, -0.15) is 0 Å². The van der Waals surface area contributed by atoms with Crippen molar-refractivity contribution in [1.82, 2.24) is 0 Å². The number of amides is 1. The lowest BCUT2D eigenvalue weighted by Gasteiger charge is -2.29. The van der Waals surface area contributed by atoms with Gasteiger partial charge in [-0.3, -0.25) is 9.10 Å². The summed E-state index contributed by atoms with van der Waals surface area (Å²) in [6.45, 7) is 9.29. The molecule has 0 saturated carbocycles. The number of nitrogens with one attached hydrogen (secondary N) is 1. The molecule has 140 valence electrons. The van der Waals surface area contributed by atoms with E-state index in [4.69, 9.17) is 0 Å². The van der Waals surface area contributed by atoms with Crippen LogP contribution in [0.2, 0.25) is 0 Å². The van der Waals surface area contributed by atoms with E-state index in [1.165, 1.54) is 4.31 Å². The highest BCUT2D eigenvalue weighted by Crippen LogP contribution is 2.24. The lowest BCUT2D eigenvalue weighted by Crippen LogP contribution is -2.45. The zero-order chi connectivity index (χ0) is 19.6. The maximum Gasteiger partial charge on any atom is 0.247 e. The molecular formula is C20H26N2O3S. The summed E-state index contributed by atoms with van der Waals surface area (Å²) >= 11 is 0. The van der Waals surface area contributed by atoms with E-state index in [1.807, 2.05) is 52.0 Å². The molecule has 0 aliphatic carbocycles. The first-order valence-electron chi connectivity index (χ1n) is 8.44. The van der Waals surface area contributed by atoms with Crippen molar-refractivity contribution in [2.24, 2.45) is 0 Å². The van der Waals surface area contributed by atoms with Crippen LogP contribution in [0, 0.1) is 27.7 Å². The molecule has 0 saturated heterocycles. The third kappa shape index (κ3) is 4.85. The first-order valence-corrected chi connectivity index (χ1v) is 10.3. The summed E-state index contributed by atoms with van der Waals surface area (Å²) < 4.78 is 26.0. The first-order chi connectivity index (χ1) is 12.0. The van der Waals surface area contributed by atoms with Crippen LogP contribution in [0.15, 0.2) is 36.4 Å². The maximum atomic E-state index is 12.7. The molecule has 2 aromatic rings. The van der Waals surface area contributed by atoms with Crippen molar-refractivity contribution in [3.05, 3.63) is 58.7 Å². The minimum Gasteiger partial charge on any atom is -0.324 e. The zero-order valence-corrected chi connectivity index (χ0v) is 16.9. The summed E-state index contributed by atoms with van der Waals surface area (Å²) in [5.41, 5.74) is 5.09. The molecule has 0 aliphatic rings. The Morgan fingerprint density at radius 3 is 1.73 bits per heavy atom. The van der Waals surface area contributed by atoms with Crippen LogP contribution in [0.5, 0.6) is 0 Å². The van der Waals surface area contributed by atoms with E-state index in [-0.39, 0.29) is 5.91 Å². The lowest BCUT2D eigenvalue weighted by atomic mass is 10.1. The monoisotopic (exact) mass is 374 g/mol. The second-order valence-electron chi connectivity index (χ2n) is 6.95. The number of hydrogen-bond donors (Lipinski definition) is 1. The minimum atomic E-state index is -3.63. The molecule has 0 radical (unpaired) electrons. The third-order valence-corrected chi connectivity index (χ3v) is 5.28. The standard InChI is InChI=1S/C20H26N2O3S/c1-13-7-14(2)10-18(9-13)21-20(23)17(5)22(26(6,24)25)19-11-15(3)8-16(4)12-19/h7-12,17H,1-6H3,(H,21,23)/t17-/m1/s1. The molecule has 0 bridgehead atoms. The Morgan fingerprint density at radius 2 is 1.31 bits per heavy atom. The molecule has 1 N–H and O–H groups in total. The number of carbonyl (C=O) groups is 1. The van der Waals surface area contributed by atoms with Gasteiger partial charge in [-0.1, -0.05) is 12.1 Å². The molecule has 1 amide bonds. The van der Waals surface area contributed by atoms with Gasteiger partial charge in [-0.05, 0) is 81.1 Å². The van der Waals surface area contributed by atoms with Gasteiger partial charge in [0.05, 0.1) is 11.9 Å². The molecular weight excluding hydrogens is 348 g/mol. The second-order valence-corrected chi connectivity index (χ2v) is 8.81. The molecule has 1 atom stereocenters. The van der Waals surface area contributed by atoms with Crippen LogP contribution < -0.4 is 9.62 Å². The SMILES string of the molecule is Cc1cc(C)cc(NC(=O)[C@@H](C)N(c2cc(C)cc(C)c2)S(C)(=O)=O)c1. The number of aryl methyl sites for hydroxylation is 4. The number of carbonyl (C=O) groups excluding carboxylic acids is 1. The van der Waals surface area contributed by atoms with Crippen molar-refractivity contribution in [3.63, 3.8) is 0 Å². The highest BCUT2D eigenvalue weighted by Gasteiger charge is 2.29. The van der Waals surface area contributed by atoms with Crippen LogP contribution in [0.3, 0.4) is 0 Å². The normalized spacial score (nSPS) is 12.5. The molecule has 0 heterocycles. The van der Waals surface area contributed by atoms with Gasteiger partial charge < -0.3 is 5.32 Å². The van der Waals surface area contributed by atoms with Crippen molar-refractivity contribution >= 4 is 27.3 Å². The molecule has 0 aromatic heterocycles. The fraction of sp³-hybridized carbons (Fsp3) is 0.350. The van der Waals surface area contributed by atoms with Gasteiger partial charge in [-0.15, -0.1) is 0 Å². The van der Waals surface area contributed by atoms with Crippen LogP contribution in [0.4, 0.5) is 11.4 Å². The summed E-state index contributed by atoms with van der Waals surface area (Å²) in [5.74, 6) is -0.375. The van der Waals surface area contributed by atoms with Crippen molar-refractivity contribution in [2.45, 2.75) is 40.7 Å². The molecule has 5 nitrogen and oxygen atoms in total. The largest absolute Gasteiger partial charge is 0.324 e. The van der Waals surface area contributed by atoms with Gasteiger partial charge in [0.1, 0.15) is 6.04 Å². The van der Waals surface area contributed by atoms with Gasteiger partial charge in [0, 0.05) is 5.69 Å². The predicted molar refractivity (Wildman–Crippen MR) is 107 cm³/mol. The molecule has 0 unspecified atom stereocenters. The molecule has 2 rings (SSSR count). The van der Waals surface area contributed by atoms with Gasteiger partial charge in [-0.25, -0.2) is 8.42 Å². The molecule has 26 heavy (non-hydrogen) atoms. The van der Waals surface area contributed by atoms with E-state index in [0.717, 1.165) is 28.5 Å². The number of nitrogens with zero attached hydrogens (tertiary/aromatic N) is 1. The summed E-state index contributed by atoms with van der Waals surface area (Å²) in [6.07, 6.45) is 1.12. The van der Waals surface area contributed by atoms with E-state index in [1.54, 1.807) is 19.1 Å². The third-order valence-electron chi connectivity index (χ3n) is 4.04. The number of hydrogen-bond acceptors (Lipinski definition) is 3. The summed E-state index contributed by atoms with van der Waals surface area (Å²) in [7, 11) is -3.63. The van der Waals surface area contributed by atoms with Gasteiger partial charge in [0.2, 0.25) is 15.9 Å². The molecule has 0 fully saturated rings. The Kier molecular flexibility index (Phi) is 5.76. The van der Waals surface area contributed by atoms with E-state index >= 15 is 0 Å². The van der Waals surface area contributed by atoms with Crippen LogP contribution in [0.1, 0.15) is 29.2 Å². The number of benzene rings is 2. The maximum absolute atomic E-state index is 12.7. The van der Waals surface area contributed by atoms with E-state index in [2.05, 4.69) is 5.32 Å². The zero-order valence-electron chi connectivity index (χ0n) is 16.1. The van der Waals surface area contributed by atoms with Crippen molar-refractivity contribution in [2.75, 3.05) is 15.9 Å². The average molecular weight is 375 g/mol. The topological polar surface area (TPSA) is 66.5 Å². The molecule has 0 spiro atoms. The van der Waals surface area contributed by atoms with Crippen LogP contribution in [0.25, 0.3) is 0 Å². The van der Waals surface area contributed by atoms with Crippen molar-refractivity contribution in [3.8, 4) is 0 Å². The summed E-state index contributed by atoms with van der Waals surface area (Å²) in [6, 6.07) is 10.4. The highest BCUT2D eigenvalue weighted by molar-refractivity contribution is 7.92. The Labute approximate surface area is 156 Å². The summed E-state index contributed by atoms with van der Waals surface area (Å²) in [4.78, 5) is 12.7. The van der Waals surface area contributed by atoms with E-state index < -0.39 is 16.1 Å². The second kappa shape index (κ2) is 7.50. The quantitative estimate of drug-likeness (QED) is 0.867. The Hall–Kier alpha value is -2.34. The van der Waals surface area contributed by atoms with Crippen LogP contribution >= 0.6 is 0 Å². The van der Waals surface area contributed by atoms with E-state index in [0.29, 0.717) is 11.4 Å². The summed E-state index contributed by atoms with van der Waals surface area (Å²) in [5, 5.41) is 2.83. The fourth-order valence-electron chi connectivity index (χ4n) is 3.18. The van der Waals surface area contributed by atoms with Crippen molar-refractivity contribution in [1.29, 1.82) is 0 Å². The average Bonchev–Trinajstić information content (AvgIpc) is 2.43. The minimum absolute atomic E-state index is 0.375. The Bertz CT molecular complexity index is 896. The number of anilines is 2. The molecule has 2 aromatic carbocycles. The number of sulfonamides is 1. The molecule has 6 heteroatoms. The lowest BCUT2D eigenvalue weighted by molar-refractivity contribution is -0.116. The van der Waals surface area contributed by atoms with Crippen molar-refractivity contribution < 1.29 is 13.2 Å². The fourth-order valence-corrected chi connectivity index (χ4v) is 4.34. The number of rotatable bonds is 5. The van der Waals surface area contributed by atoms with Gasteiger partial charge >= 0.3 is 0 Å². The highest BCUT2D eigenvalue weighted by atomic mass is 32.2. The van der Waals surface area contributed by atoms with E-state index in [9.17, 15) is 13.2 Å². The first kappa shape index (κ1) is 20.0.